The Morgan fingerprint density at radius 2 is 0.400 bits per heavy atom. The molecule has 0 aliphatic rings. The van der Waals surface area contributed by atoms with Crippen molar-refractivity contribution in [2.45, 2.75) is 97.3 Å². The van der Waals surface area contributed by atoms with E-state index in [1.165, 1.54) is 77.0 Å². The maximum Gasteiger partial charge on any atom is 0.0701 e. The topological polar surface area (TPSA) is 92.3 Å². The van der Waals surface area contributed by atoms with E-state index < -0.39 is 0 Å². The molecule has 0 aliphatic carbocycles. The molecule has 0 saturated carbocycles. The molecule has 0 atom stereocenters. The van der Waals surface area contributed by atoms with Gasteiger partial charge in [-0.2, -0.15) is 0 Å². The van der Waals surface area contributed by atoms with Crippen LogP contribution in [0.5, 0.6) is 0 Å². The number of ether oxygens (including phenoxy) is 10. The number of unbranched alkanes of at least 4 members (excludes halogenated alkanes) is 12. The lowest BCUT2D eigenvalue weighted by atomic mass is 10.0. The molecule has 272 valence electrons. The van der Waals surface area contributed by atoms with Crippen molar-refractivity contribution in [1.29, 1.82) is 0 Å². The Morgan fingerprint density at radius 3 is 0.644 bits per heavy atom. The second-order valence-electron chi connectivity index (χ2n) is 11.0. The number of rotatable bonds is 42. The van der Waals surface area contributed by atoms with Crippen molar-refractivity contribution in [2.24, 2.45) is 0 Å². The smallest absolute Gasteiger partial charge is 0.0701 e. The van der Waals surface area contributed by atoms with Crippen molar-refractivity contribution >= 4 is 0 Å². The fraction of sp³-hybridized carbons (Fsp3) is 1.00. The van der Waals surface area contributed by atoms with Gasteiger partial charge in [0.2, 0.25) is 0 Å². The average molecular weight is 653 g/mol. The van der Waals surface area contributed by atoms with Crippen molar-refractivity contribution < 1.29 is 47.4 Å². The van der Waals surface area contributed by atoms with Crippen molar-refractivity contribution in [3.8, 4) is 0 Å². The van der Waals surface area contributed by atoms with Gasteiger partial charge in [0.15, 0.2) is 0 Å². The van der Waals surface area contributed by atoms with Crippen LogP contribution in [-0.2, 0) is 47.4 Å². The molecule has 10 heteroatoms. The highest BCUT2D eigenvalue weighted by Gasteiger charge is 1.97. The Hall–Kier alpha value is -0.400. The molecule has 45 heavy (non-hydrogen) atoms. The molecule has 0 heterocycles. The van der Waals surface area contributed by atoms with E-state index in [1.54, 1.807) is 0 Å². The summed E-state index contributed by atoms with van der Waals surface area (Å²) >= 11 is 0. The Labute approximate surface area is 276 Å². The van der Waals surface area contributed by atoms with Crippen LogP contribution in [0.3, 0.4) is 0 Å². The molecule has 0 rings (SSSR count). The standard InChI is InChI=1S/C35H72O10/c1-3-5-6-7-8-9-10-11-12-13-14-15-16-17-37-20-21-39-24-25-41-28-29-43-32-33-45-35-34-44-31-30-42-27-26-40-23-22-38-19-18-36-4-2/h3-35H2,1-2H3. The highest BCUT2D eigenvalue weighted by atomic mass is 16.6. The summed E-state index contributed by atoms with van der Waals surface area (Å²) in [5.74, 6) is 0. The monoisotopic (exact) mass is 653 g/mol. The summed E-state index contributed by atoms with van der Waals surface area (Å²) in [7, 11) is 0. The van der Waals surface area contributed by atoms with E-state index in [0.29, 0.717) is 126 Å². The molecule has 0 radical (unpaired) electrons. The van der Waals surface area contributed by atoms with Crippen molar-refractivity contribution in [3.63, 3.8) is 0 Å². The number of hydrogen-bond acceptors (Lipinski definition) is 10. The van der Waals surface area contributed by atoms with Crippen molar-refractivity contribution in [1.82, 2.24) is 0 Å². The molecular weight excluding hydrogens is 580 g/mol. The lowest BCUT2D eigenvalue weighted by molar-refractivity contribution is -0.0263. The van der Waals surface area contributed by atoms with Crippen LogP contribution in [0.1, 0.15) is 97.3 Å². The van der Waals surface area contributed by atoms with E-state index in [9.17, 15) is 0 Å². The van der Waals surface area contributed by atoms with Crippen LogP contribution in [0, 0.1) is 0 Å². The second-order valence-corrected chi connectivity index (χ2v) is 11.0. The van der Waals surface area contributed by atoms with E-state index in [-0.39, 0.29) is 0 Å². The first-order valence-corrected chi connectivity index (χ1v) is 18.2. The van der Waals surface area contributed by atoms with Gasteiger partial charge in [0.1, 0.15) is 0 Å². The summed E-state index contributed by atoms with van der Waals surface area (Å²) in [5, 5.41) is 0. The van der Waals surface area contributed by atoms with E-state index in [4.69, 9.17) is 47.4 Å². The second kappa shape index (κ2) is 43.6. The Kier molecular flexibility index (Phi) is 43.2. The maximum absolute atomic E-state index is 5.67. The fourth-order valence-electron chi connectivity index (χ4n) is 4.35. The molecule has 0 spiro atoms. The van der Waals surface area contributed by atoms with Crippen LogP contribution in [0.4, 0.5) is 0 Å². The molecule has 0 amide bonds. The molecule has 0 aromatic carbocycles. The third kappa shape index (κ3) is 43.6. The summed E-state index contributed by atoms with van der Waals surface area (Å²) in [5.41, 5.74) is 0. The zero-order chi connectivity index (χ0) is 32.4. The quantitative estimate of drug-likeness (QED) is 0.0704. The Bertz CT molecular complexity index is 459. The van der Waals surface area contributed by atoms with E-state index in [0.717, 1.165) is 13.0 Å². The number of hydrogen-bond donors (Lipinski definition) is 0. The average Bonchev–Trinajstić information content (AvgIpc) is 3.05. The van der Waals surface area contributed by atoms with Crippen LogP contribution < -0.4 is 0 Å². The van der Waals surface area contributed by atoms with Gasteiger partial charge in [0, 0.05) is 13.2 Å². The Morgan fingerprint density at radius 1 is 0.200 bits per heavy atom. The zero-order valence-corrected chi connectivity index (χ0v) is 29.4. The highest BCUT2D eigenvalue weighted by molar-refractivity contribution is 4.49. The van der Waals surface area contributed by atoms with Crippen LogP contribution >= 0.6 is 0 Å². The molecule has 0 saturated heterocycles. The van der Waals surface area contributed by atoms with Gasteiger partial charge in [-0.3, -0.25) is 0 Å². The molecule has 0 N–H and O–H groups in total. The molecule has 0 aliphatic heterocycles. The summed E-state index contributed by atoms with van der Waals surface area (Å²) in [6.45, 7) is 16.0. The van der Waals surface area contributed by atoms with E-state index >= 15 is 0 Å². The normalized spacial score (nSPS) is 11.6. The summed E-state index contributed by atoms with van der Waals surface area (Å²) in [6.07, 6.45) is 17.8. The van der Waals surface area contributed by atoms with Gasteiger partial charge in [-0.1, -0.05) is 84.0 Å². The highest BCUT2D eigenvalue weighted by Crippen LogP contribution is 2.12. The summed E-state index contributed by atoms with van der Waals surface area (Å²) in [4.78, 5) is 0. The van der Waals surface area contributed by atoms with Gasteiger partial charge in [-0.15, -0.1) is 0 Å². The van der Waals surface area contributed by atoms with Crippen LogP contribution in [-0.4, -0.2) is 132 Å². The zero-order valence-electron chi connectivity index (χ0n) is 29.4. The first-order valence-electron chi connectivity index (χ1n) is 18.2. The largest absolute Gasteiger partial charge is 0.379 e. The molecule has 0 fully saturated rings. The lowest BCUT2D eigenvalue weighted by Gasteiger charge is -2.09. The van der Waals surface area contributed by atoms with E-state index in [2.05, 4.69) is 6.92 Å². The van der Waals surface area contributed by atoms with Gasteiger partial charge in [0.25, 0.3) is 0 Å². The minimum Gasteiger partial charge on any atom is -0.379 e. The molecular formula is C35H72O10. The first-order chi connectivity index (χ1) is 22.4. The van der Waals surface area contributed by atoms with Crippen LogP contribution in [0.25, 0.3) is 0 Å². The molecule has 0 bridgehead atoms. The van der Waals surface area contributed by atoms with Crippen molar-refractivity contribution in [3.05, 3.63) is 0 Å². The molecule has 0 unspecified atom stereocenters. The predicted molar refractivity (Wildman–Crippen MR) is 180 cm³/mol. The van der Waals surface area contributed by atoms with Gasteiger partial charge in [-0.25, -0.2) is 0 Å². The third-order valence-electron chi connectivity index (χ3n) is 6.94. The van der Waals surface area contributed by atoms with Crippen molar-refractivity contribution in [2.75, 3.05) is 132 Å². The first kappa shape index (κ1) is 44.6. The molecule has 10 nitrogen and oxygen atoms in total. The maximum atomic E-state index is 5.67. The fourth-order valence-corrected chi connectivity index (χ4v) is 4.35. The molecule has 0 aromatic rings. The van der Waals surface area contributed by atoms with E-state index in [1.807, 2.05) is 6.92 Å². The van der Waals surface area contributed by atoms with Crippen LogP contribution in [0.15, 0.2) is 0 Å². The summed E-state index contributed by atoms with van der Waals surface area (Å²) < 4.78 is 54.7. The predicted octanol–water partition coefficient (Wildman–Crippen LogP) is 6.26. The molecule has 0 aromatic heterocycles. The Balaban J connectivity index is 3.03. The van der Waals surface area contributed by atoms with Gasteiger partial charge >= 0.3 is 0 Å². The van der Waals surface area contributed by atoms with Gasteiger partial charge < -0.3 is 47.4 Å². The minimum absolute atomic E-state index is 0.534. The van der Waals surface area contributed by atoms with Gasteiger partial charge in [0.05, 0.1) is 119 Å². The van der Waals surface area contributed by atoms with Crippen LogP contribution in [0.2, 0.25) is 0 Å². The minimum atomic E-state index is 0.534. The SMILES string of the molecule is CCCCCCCCCCCCCCCOCCOCCOCCOCCOCCOCCOCCOCCOCCOCC. The lowest BCUT2D eigenvalue weighted by Crippen LogP contribution is -2.15. The third-order valence-corrected chi connectivity index (χ3v) is 6.94. The summed E-state index contributed by atoms with van der Waals surface area (Å²) in [6, 6.07) is 0. The van der Waals surface area contributed by atoms with Gasteiger partial charge in [-0.05, 0) is 13.3 Å².